The van der Waals surface area contributed by atoms with Crippen LogP contribution in [-0.4, -0.2) is 36.7 Å². The van der Waals surface area contributed by atoms with Crippen molar-refractivity contribution >= 4 is 19.5 Å². The third kappa shape index (κ3) is 5.39. The molecule has 1 aliphatic carbocycles. The molecule has 1 heterocycles. The van der Waals surface area contributed by atoms with E-state index < -0.39 is 38.0 Å². The number of aliphatic carboxylic acids is 1. The highest BCUT2D eigenvalue weighted by atomic mass is 31.2. The molecule has 2 rings (SSSR count). The van der Waals surface area contributed by atoms with Gasteiger partial charge in [0.05, 0.1) is 24.8 Å². The molecule has 12 heteroatoms. The van der Waals surface area contributed by atoms with Crippen molar-refractivity contribution in [2.45, 2.75) is 32.9 Å². The fourth-order valence-electron chi connectivity index (χ4n) is 2.63. The van der Waals surface area contributed by atoms with E-state index in [-0.39, 0.29) is 47.7 Å². The lowest BCUT2D eigenvalue weighted by Gasteiger charge is -2.12. The van der Waals surface area contributed by atoms with Gasteiger partial charge in [0, 0.05) is 35.0 Å². The fraction of sp³-hybridized carbons (Fsp3) is 0.400. The highest BCUT2D eigenvalue weighted by Crippen LogP contribution is 2.38. The normalized spacial score (nSPS) is 18.9. The average Bonchev–Trinajstić information content (AvgIpc) is 2.99. The van der Waals surface area contributed by atoms with Crippen LogP contribution in [0.2, 0.25) is 0 Å². The summed E-state index contributed by atoms with van der Waals surface area (Å²) in [7, 11) is -4.78. The largest absolute Gasteiger partial charge is 0.506 e. The van der Waals surface area contributed by atoms with Crippen LogP contribution in [0.25, 0.3) is 0 Å². The number of phosphoric ester groups is 1. The van der Waals surface area contributed by atoms with Gasteiger partial charge >= 0.3 is 13.8 Å². The van der Waals surface area contributed by atoms with E-state index in [1.807, 2.05) is 0 Å². The molecular weight excluding hydrogens is 389 g/mol. The van der Waals surface area contributed by atoms with Gasteiger partial charge in [0.25, 0.3) is 6.08 Å². The Morgan fingerprint density at radius 1 is 1.41 bits per heavy atom. The second-order valence-corrected chi connectivity index (χ2v) is 7.14. The number of aliphatic imine (C=N–C) groups is 1. The van der Waals surface area contributed by atoms with Crippen LogP contribution in [-0.2, 0) is 27.0 Å². The number of aryl methyl sites for hydroxylation is 1. The number of pyridine rings is 1. The maximum Gasteiger partial charge on any atom is 0.469 e. The van der Waals surface area contributed by atoms with Gasteiger partial charge in [-0.2, -0.15) is 8.78 Å². The molecule has 0 aliphatic heterocycles. The fourth-order valence-corrected chi connectivity index (χ4v) is 2.93. The third-order valence-corrected chi connectivity index (χ3v) is 4.53. The Balaban J connectivity index is 2.34. The second-order valence-electron chi connectivity index (χ2n) is 5.91. The van der Waals surface area contributed by atoms with Gasteiger partial charge in [0.15, 0.2) is 0 Å². The summed E-state index contributed by atoms with van der Waals surface area (Å²) in [6.07, 6.45) is -1.31. The van der Waals surface area contributed by atoms with Crippen molar-refractivity contribution in [2.75, 3.05) is 0 Å². The SMILES string of the molecule is Cc1ncc(COP(=O)(O)O)c(CN=C2C[C@H](C(=O)O)CC2=C(F)F)c1O. The molecule has 1 fully saturated rings. The molecule has 0 radical (unpaired) electrons. The molecule has 0 amide bonds. The molecule has 0 saturated heterocycles. The van der Waals surface area contributed by atoms with Crippen molar-refractivity contribution < 1.29 is 42.7 Å². The lowest BCUT2D eigenvalue weighted by Crippen LogP contribution is -2.09. The molecule has 1 aromatic heterocycles. The summed E-state index contributed by atoms with van der Waals surface area (Å²) in [5.74, 6) is -2.53. The molecule has 0 bridgehead atoms. The van der Waals surface area contributed by atoms with Crippen LogP contribution in [0.15, 0.2) is 22.8 Å². The minimum atomic E-state index is -4.78. The number of hydrogen-bond acceptors (Lipinski definition) is 6. The Morgan fingerprint density at radius 3 is 2.63 bits per heavy atom. The average molecular weight is 406 g/mol. The van der Waals surface area contributed by atoms with E-state index in [9.17, 15) is 23.2 Å². The smallest absolute Gasteiger partial charge is 0.469 e. The number of carbonyl (C=O) groups is 1. The molecule has 0 spiro atoms. The Kier molecular flexibility index (Phi) is 6.42. The Morgan fingerprint density at radius 2 is 2.07 bits per heavy atom. The maximum atomic E-state index is 13.1. The number of carboxylic acids is 1. The molecule has 0 aromatic carbocycles. The highest BCUT2D eigenvalue weighted by molar-refractivity contribution is 7.46. The van der Waals surface area contributed by atoms with Crippen molar-refractivity contribution in [3.8, 4) is 5.75 Å². The van der Waals surface area contributed by atoms with E-state index in [0.29, 0.717) is 0 Å². The summed E-state index contributed by atoms with van der Waals surface area (Å²) in [5.41, 5.74) is -0.114. The van der Waals surface area contributed by atoms with Gasteiger partial charge in [-0.3, -0.25) is 19.3 Å². The van der Waals surface area contributed by atoms with Crippen LogP contribution in [0.5, 0.6) is 5.75 Å². The standard InChI is InChI=1S/C15H17F2N2O7P/c1-7-13(20)11(9(4-18-7)6-26-27(23,24)25)5-19-12-3-8(15(21)22)2-10(12)14(16)17/h4,8,20H,2-3,5-6H2,1H3,(H,21,22)(H2,23,24,25)/t8-/m1/s1. The van der Waals surface area contributed by atoms with Gasteiger partial charge in [-0.05, 0) is 13.3 Å². The molecule has 1 aliphatic rings. The molecule has 1 aromatic rings. The number of nitrogens with zero attached hydrogens (tertiary/aromatic N) is 2. The number of carboxylic acid groups (broad SMARTS) is 1. The van der Waals surface area contributed by atoms with Gasteiger partial charge in [0.1, 0.15) is 5.75 Å². The van der Waals surface area contributed by atoms with Gasteiger partial charge < -0.3 is 20.0 Å². The Bertz CT molecular complexity index is 862. The van der Waals surface area contributed by atoms with E-state index in [4.69, 9.17) is 14.9 Å². The lowest BCUT2D eigenvalue weighted by atomic mass is 10.1. The summed E-state index contributed by atoms with van der Waals surface area (Å²) in [6.45, 7) is 0.582. The van der Waals surface area contributed by atoms with Crippen LogP contribution >= 0.6 is 7.82 Å². The zero-order valence-electron chi connectivity index (χ0n) is 14.1. The van der Waals surface area contributed by atoms with Crippen LogP contribution < -0.4 is 0 Å². The lowest BCUT2D eigenvalue weighted by molar-refractivity contribution is -0.141. The zero-order chi connectivity index (χ0) is 20.4. The quantitative estimate of drug-likeness (QED) is 0.526. The van der Waals surface area contributed by atoms with Gasteiger partial charge in [-0.1, -0.05) is 0 Å². The Labute approximate surface area is 152 Å². The van der Waals surface area contributed by atoms with E-state index in [1.54, 1.807) is 0 Å². The number of aromatic hydroxyl groups is 1. The minimum Gasteiger partial charge on any atom is -0.506 e. The second kappa shape index (κ2) is 8.22. The van der Waals surface area contributed by atoms with Crippen LogP contribution in [0.1, 0.15) is 29.7 Å². The first-order chi connectivity index (χ1) is 12.5. The summed E-state index contributed by atoms with van der Waals surface area (Å²) in [6, 6.07) is 0. The van der Waals surface area contributed by atoms with Crippen molar-refractivity contribution in [3.63, 3.8) is 0 Å². The molecule has 148 valence electrons. The number of rotatable bonds is 6. The molecule has 1 saturated carbocycles. The zero-order valence-corrected chi connectivity index (χ0v) is 15.0. The van der Waals surface area contributed by atoms with Crippen molar-refractivity contribution in [1.82, 2.24) is 4.98 Å². The Hall–Kier alpha value is -2.20. The van der Waals surface area contributed by atoms with Crippen LogP contribution in [0.4, 0.5) is 8.78 Å². The summed E-state index contributed by atoms with van der Waals surface area (Å²) in [4.78, 5) is 36.5. The molecule has 0 unspecified atom stereocenters. The minimum absolute atomic E-state index is 0.0851. The van der Waals surface area contributed by atoms with E-state index in [0.717, 1.165) is 0 Å². The number of hydrogen-bond donors (Lipinski definition) is 4. The third-order valence-electron chi connectivity index (χ3n) is 4.06. The summed E-state index contributed by atoms with van der Waals surface area (Å²) < 4.78 is 41.4. The van der Waals surface area contributed by atoms with Crippen molar-refractivity contribution in [2.24, 2.45) is 10.9 Å². The first kappa shape index (κ1) is 21.1. The highest BCUT2D eigenvalue weighted by Gasteiger charge is 2.33. The number of phosphoric acid groups is 1. The summed E-state index contributed by atoms with van der Waals surface area (Å²) in [5, 5.41) is 19.2. The molecule has 9 nitrogen and oxygen atoms in total. The van der Waals surface area contributed by atoms with Gasteiger partial charge in [-0.15, -0.1) is 0 Å². The molecule has 27 heavy (non-hydrogen) atoms. The first-order valence-corrected chi connectivity index (χ1v) is 9.19. The van der Waals surface area contributed by atoms with Gasteiger partial charge in [-0.25, -0.2) is 4.57 Å². The van der Waals surface area contributed by atoms with E-state index in [2.05, 4.69) is 14.5 Å². The number of allylic oxidation sites excluding steroid dienone is 1. The number of halogens is 2. The predicted octanol–water partition coefficient (Wildman–Crippen LogP) is 2.29. The first-order valence-electron chi connectivity index (χ1n) is 7.66. The van der Waals surface area contributed by atoms with Crippen LogP contribution in [0, 0.1) is 12.8 Å². The summed E-state index contributed by atoms with van der Waals surface area (Å²) >= 11 is 0. The van der Waals surface area contributed by atoms with E-state index in [1.165, 1.54) is 13.1 Å². The molecular formula is C15H17F2N2O7P. The van der Waals surface area contributed by atoms with E-state index >= 15 is 0 Å². The van der Waals surface area contributed by atoms with Gasteiger partial charge in [0.2, 0.25) is 0 Å². The van der Waals surface area contributed by atoms with Crippen LogP contribution in [0.3, 0.4) is 0 Å². The monoisotopic (exact) mass is 406 g/mol. The van der Waals surface area contributed by atoms with Crippen molar-refractivity contribution in [3.05, 3.63) is 34.7 Å². The van der Waals surface area contributed by atoms with Crippen molar-refractivity contribution in [1.29, 1.82) is 0 Å². The number of aromatic nitrogens is 1. The predicted molar refractivity (Wildman–Crippen MR) is 88.2 cm³/mol. The maximum absolute atomic E-state index is 13.1. The molecule has 4 N–H and O–H groups in total. The molecule has 1 atom stereocenters. The topological polar surface area (TPSA) is 150 Å².